The third-order valence-corrected chi connectivity index (χ3v) is 4.24. The maximum Gasteiger partial charge on any atom is 0.336 e. The molecule has 1 aromatic heterocycles. The number of benzene rings is 1. The fourth-order valence-electron chi connectivity index (χ4n) is 2.98. The van der Waals surface area contributed by atoms with Crippen molar-refractivity contribution in [1.82, 2.24) is 0 Å². The monoisotopic (exact) mass is 274 g/mol. The molecule has 2 heterocycles. The topological polar surface area (TPSA) is 54.9 Å². The molecule has 0 amide bonds. The van der Waals surface area contributed by atoms with Crippen molar-refractivity contribution in [3.05, 3.63) is 40.2 Å². The summed E-state index contributed by atoms with van der Waals surface area (Å²) in [5.41, 5.74) is 1.14. The average molecular weight is 274 g/mol. The minimum absolute atomic E-state index is 0.122. The first-order valence-electron chi connectivity index (χ1n) is 7.21. The van der Waals surface area contributed by atoms with Crippen molar-refractivity contribution in [3.63, 3.8) is 0 Å². The van der Waals surface area contributed by atoms with E-state index in [0.29, 0.717) is 5.58 Å². The van der Waals surface area contributed by atoms with Crippen LogP contribution in [0.3, 0.4) is 0 Å². The number of phenols is 1. The van der Waals surface area contributed by atoms with Crippen molar-refractivity contribution < 1.29 is 14.4 Å². The van der Waals surface area contributed by atoms with E-state index in [1.54, 1.807) is 12.1 Å². The zero-order valence-corrected chi connectivity index (χ0v) is 11.7. The number of nitrogens with one attached hydrogen (secondary N) is 1. The van der Waals surface area contributed by atoms with Crippen LogP contribution < -0.4 is 10.5 Å². The van der Waals surface area contributed by atoms with Gasteiger partial charge in [-0.15, -0.1) is 0 Å². The lowest BCUT2D eigenvalue weighted by Gasteiger charge is -2.27. The zero-order chi connectivity index (χ0) is 14.1. The molecular weight excluding hydrogens is 254 g/mol. The lowest BCUT2D eigenvalue weighted by molar-refractivity contribution is -0.919. The van der Waals surface area contributed by atoms with Gasteiger partial charge < -0.3 is 14.4 Å². The molecule has 1 aliphatic heterocycles. The largest absolute Gasteiger partial charge is 0.508 e. The Bertz CT molecular complexity index is 669. The number of phenolic OH excluding ortho intramolecular Hbond substituents is 1. The van der Waals surface area contributed by atoms with Gasteiger partial charge in [-0.3, -0.25) is 0 Å². The van der Waals surface area contributed by atoms with E-state index in [4.69, 9.17) is 4.42 Å². The molecule has 20 heavy (non-hydrogen) atoms. The zero-order valence-electron chi connectivity index (χ0n) is 11.7. The van der Waals surface area contributed by atoms with E-state index in [2.05, 4.69) is 6.92 Å². The lowest BCUT2D eigenvalue weighted by atomic mass is 9.98. The highest BCUT2D eigenvalue weighted by molar-refractivity contribution is 5.81. The first-order valence-corrected chi connectivity index (χ1v) is 7.21. The van der Waals surface area contributed by atoms with Crippen LogP contribution in [0.5, 0.6) is 5.75 Å². The number of hydrogen-bond donors (Lipinski definition) is 2. The van der Waals surface area contributed by atoms with Gasteiger partial charge in [0.25, 0.3) is 0 Å². The SMILES string of the molecule is CC1CC[NH+](Cc2cc(=O)oc3cc(O)ccc23)CC1. The second-order valence-corrected chi connectivity index (χ2v) is 5.88. The Morgan fingerprint density at radius 1 is 1.30 bits per heavy atom. The van der Waals surface area contributed by atoms with Crippen molar-refractivity contribution in [2.75, 3.05) is 13.1 Å². The molecule has 1 aromatic carbocycles. The standard InChI is InChI=1S/C16H19NO3/c1-11-4-6-17(7-5-11)10-12-8-16(19)20-15-9-13(18)2-3-14(12)15/h2-3,8-9,11,18H,4-7,10H2,1H3/p+1. The molecule has 3 rings (SSSR count). The average Bonchev–Trinajstić information content (AvgIpc) is 2.40. The summed E-state index contributed by atoms with van der Waals surface area (Å²) in [4.78, 5) is 13.2. The number of hydrogen-bond acceptors (Lipinski definition) is 3. The molecule has 106 valence electrons. The number of rotatable bonds is 2. The molecule has 4 heteroatoms. The van der Waals surface area contributed by atoms with Crippen LogP contribution in [-0.4, -0.2) is 18.2 Å². The summed E-state index contributed by atoms with van der Waals surface area (Å²) >= 11 is 0. The molecular formula is C16H20NO3+. The molecule has 2 aromatic rings. The molecule has 0 bridgehead atoms. The van der Waals surface area contributed by atoms with Gasteiger partial charge >= 0.3 is 5.63 Å². The second-order valence-electron chi connectivity index (χ2n) is 5.88. The maximum atomic E-state index is 11.7. The van der Waals surface area contributed by atoms with Crippen molar-refractivity contribution in [2.24, 2.45) is 5.92 Å². The van der Waals surface area contributed by atoms with Crippen LogP contribution in [0, 0.1) is 5.92 Å². The summed E-state index contributed by atoms with van der Waals surface area (Å²) in [5.74, 6) is 0.935. The minimum Gasteiger partial charge on any atom is -0.508 e. The third kappa shape index (κ3) is 2.70. The van der Waals surface area contributed by atoms with Gasteiger partial charge in [0.15, 0.2) is 0 Å². The number of quaternary nitrogens is 1. The molecule has 4 nitrogen and oxygen atoms in total. The van der Waals surface area contributed by atoms with Gasteiger partial charge in [-0.1, -0.05) is 6.92 Å². The van der Waals surface area contributed by atoms with Gasteiger partial charge in [0.05, 0.1) is 13.1 Å². The van der Waals surface area contributed by atoms with Crippen LogP contribution in [-0.2, 0) is 6.54 Å². The molecule has 1 saturated heterocycles. The highest BCUT2D eigenvalue weighted by Crippen LogP contribution is 2.21. The van der Waals surface area contributed by atoms with Crippen LogP contribution in [0.1, 0.15) is 25.3 Å². The normalized spacial score (nSPS) is 23.1. The molecule has 0 atom stereocenters. The molecule has 0 saturated carbocycles. The van der Waals surface area contributed by atoms with E-state index in [9.17, 15) is 9.90 Å². The van der Waals surface area contributed by atoms with Gasteiger partial charge in [-0.05, 0) is 30.9 Å². The second kappa shape index (κ2) is 5.29. The van der Waals surface area contributed by atoms with Crippen molar-refractivity contribution in [2.45, 2.75) is 26.3 Å². The van der Waals surface area contributed by atoms with E-state index >= 15 is 0 Å². The van der Waals surface area contributed by atoms with E-state index in [1.165, 1.54) is 23.8 Å². The summed E-state index contributed by atoms with van der Waals surface area (Å²) in [5, 5.41) is 10.4. The maximum absolute atomic E-state index is 11.7. The Morgan fingerprint density at radius 3 is 2.80 bits per heavy atom. The Hall–Kier alpha value is -1.81. The molecule has 1 fully saturated rings. The molecule has 2 N–H and O–H groups in total. The van der Waals surface area contributed by atoms with Gasteiger partial charge in [0.1, 0.15) is 17.9 Å². The fourth-order valence-corrected chi connectivity index (χ4v) is 2.98. The number of piperidine rings is 1. The van der Waals surface area contributed by atoms with E-state index in [0.717, 1.165) is 36.5 Å². The Kier molecular flexibility index (Phi) is 3.49. The molecule has 0 radical (unpaired) electrons. The Labute approximate surface area is 117 Å². The van der Waals surface area contributed by atoms with Crippen molar-refractivity contribution in [3.8, 4) is 5.75 Å². The van der Waals surface area contributed by atoms with Crippen LogP contribution in [0.2, 0.25) is 0 Å². The van der Waals surface area contributed by atoms with Gasteiger partial charge in [-0.2, -0.15) is 0 Å². The van der Waals surface area contributed by atoms with Crippen molar-refractivity contribution >= 4 is 11.0 Å². The highest BCUT2D eigenvalue weighted by atomic mass is 16.4. The van der Waals surface area contributed by atoms with Crippen LogP contribution in [0.15, 0.2) is 33.5 Å². The van der Waals surface area contributed by atoms with E-state index < -0.39 is 0 Å². The first kappa shape index (κ1) is 13.2. The summed E-state index contributed by atoms with van der Waals surface area (Å²) in [6.07, 6.45) is 2.49. The van der Waals surface area contributed by atoms with Crippen LogP contribution in [0.4, 0.5) is 0 Å². The van der Waals surface area contributed by atoms with Crippen LogP contribution in [0.25, 0.3) is 11.0 Å². The number of aromatic hydroxyl groups is 1. The first-order chi connectivity index (χ1) is 9.61. The van der Waals surface area contributed by atoms with E-state index in [1.807, 2.05) is 6.07 Å². The smallest absolute Gasteiger partial charge is 0.336 e. The predicted octanol–water partition coefficient (Wildman–Crippen LogP) is 1.31. The summed E-state index contributed by atoms with van der Waals surface area (Å²) in [6, 6.07) is 6.56. The molecule has 0 aliphatic carbocycles. The Morgan fingerprint density at radius 2 is 2.05 bits per heavy atom. The number of fused-ring (bicyclic) bond motifs is 1. The molecule has 0 spiro atoms. The van der Waals surface area contributed by atoms with Crippen molar-refractivity contribution in [1.29, 1.82) is 0 Å². The quantitative estimate of drug-likeness (QED) is 0.812. The number of likely N-dealkylation sites (tertiary alicyclic amines) is 1. The third-order valence-electron chi connectivity index (χ3n) is 4.24. The summed E-state index contributed by atoms with van der Waals surface area (Å²) < 4.78 is 5.16. The van der Waals surface area contributed by atoms with Gasteiger partial charge in [-0.25, -0.2) is 4.79 Å². The van der Waals surface area contributed by atoms with Crippen LogP contribution >= 0.6 is 0 Å². The van der Waals surface area contributed by atoms with Gasteiger partial charge in [0.2, 0.25) is 0 Å². The van der Waals surface area contributed by atoms with E-state index in [-0.39, 0.29) is 11.4 Å². The highest BCUT2D eigenvalue weighted by Gasteiger charge is 2.20. The summed E-state index contributed by atoms with van der Waals surface area (Å²) in [7, 11) is 0. The molecule has 0 unspecified atom stereocenters. The predicted molar refractivity (Wildman–Crippen MR) is 76.9 cm³/mol. The van der Waals surface area contributed by atoms with Gasteiger partial charge in [0, 0.05) is 23.1 Å². The Balaban J connectivity index is 1.92. The molecule has 1 aliphatic rings. The lowest BCUT2D eigenvalue weighted by Crippen LogP contribution is -3.11. The fraction of sp³-hybridized carbons (Fsp3) is 0.438. The summed E-state index contributed by atoms with van der Waals surface area (Å²) in [6.45, 7) is 5.45. The minimum atomic E-state index is -0.345.